The number of ketones is 1. The lowest BCUT2D eigenvalue weighted by Crippen LogP contribution is -2.19. The predicted octanol–water partition coefficient (Wildman–Crippen LogP) is 4.03. The van der Waals surface area contributed by atoms with Crippen LogP contribution in [0.1, 0.15) is 28.8 Å². The van der Waals surface area contributed by atoms with Crippen LogP contribution in [0.5, 0.6) is 5.75 Å². The van der Waals surface area contributed by atoms with Crippen molar-refractivity contribution in [1.29, 1.82) is 0 Å². The van der Waals surface area contributed by atoms with E-state index in [0.29, 0.717) is 16.8 Å². The quantitative estimate of drug-likeness (QED) is 0.684. The van der Waals surface area contributed by atoms with Crippen molar-refractivity contribution in [1.82, 2.24) is 0 Å². The molecule has 2 aromatic rings. The highest BCUT2D eigenvalue weighted by atomic mass is 19.1. The summed E-state index contributed by atoms with van der Waals surface area (Å²) < 4.78 is 14.2. The van der Waals surface area contributed by atoms with E-state index in [1.807, 2.05) is 4.90 Å². The number of nitrogens with zero attached hydrogens (tertiary/aromatic N) is 1. The molecule has 0 bridgehead atoms. The van der Waals surface area contributed by atoms with Gasteiger partial charge in [0.15, 0.2) is 5.78 Å². The van der Waals surface area contributed by atoms with E-state index in [1.54, 1.807) is 42.5 Å². The van der Waals surface area contributed by atoms with E-state index in [9.17, 15) is 14.3 Å². The minimum Gasteiger partial charge on any atom is -0.508 e. The third-order valence-corrected chi connectivity index (χ3v) is 3.98. The van der Waals surface area contributed by atoms with E-state index in [1.165, 1.54) is 12.1 Å². The number of rotatable bonds is 4. The van der Waals surface area contributed by atoms with Crippen LogP contribution >= 0.6 is 0 Å². The van der Waals surface area contributed by atoms with Gasteiger partial charge in [0.2, 0.25) is 0 Å². The van der Waals surface area contributed by atoms with Crippen LogP contribution in [0.4, 0.5) is 10.1 Å². The Kier molecular flexibility index (Phi) is 4.42. The maximum Gasteiger partial charge on any atom is 0.185 e. The first-order valence-corrected chi connectivity index (χ1v) is 7.69. The molecule has 3 nitrogen and oxygen atoms in total. The van der Waals surface area contributed by atoms with Gasteiger partial charge < -0.3 is 10.0 Å². The first-order valence-electron chi connectivity index (χ1n) is 7.69. The summed E-state index contributed by atoms with van der Waals surface area (Å²) in [6, 6.07) is 11.2. The van der Waals surface area contributed by atoms with E-state index in [0.717, 1.165) is 25.9 Å². The summed E-state index contributed by atoms with van der Waals surface area (Å²) in [4.78, 5) is 14.2. The summed E-state index contributed by atoms with van der Waals surface area (Å²) in [5, 5.41) is 9.39. The molecule has 4 heteroatoms. The van der Waals surface area contributed by atoms with Crippen molar-refractivity contribution >= 4 is 17.5 Å². The first-order chi connectivity index (χ1) is 11.1. The van der Waals surface area contributed by atoms with Gasteiger partial charge in [-0.05, 0) is 54.8 Å². The molecule has 0 radical (unpaired) electrons. The standard InChI is InChI=1S/C19H18FNO2/c20-17-13-15(7-8-18(17)21-10-1-2-11-21)19(23)9-6-14-4-3-5-16(22)12-14/h3-9,12-13,22H,1-2,10-11H2. The molecule has 1 aliphatic heterocycles. The van der Waals surface area contributed by atoms with Gasteiger partial charge >= 0.3 is 0 Å². The molecule has 1 saturated heterocycles. The number of carbonyl (C=O) groups excluding carboxylic acids is 1. The third kappa shape index (κ3) is 3.59. The molecule has 0 unspecified atom stereocenters. The summed E-state index contributed by atoms with van der Waals surface area (Å²) in [6.45, 7) is 1.73. The molecule has 0 saturated carbocycles. The van der Waals surface area contributed by atoms with Crippen molar-refractivity contribution < 1.29 is 14.3 Å². The first kappa shape index (κ1) is 15.3. The maximum atomic E-state index is 14.2. The van der Waals surface area contributed by atoms with Gasteiger partial charge in [-0.3, -0.25) is 4.79 Å². The second-order valence-electron chi connectivity index (χ2n) is 5.65. The Hall–Kier alpha value is -2.62. The van der Waals surface area contributed by atoms with Crippen LogP contribution in [-0.4, -0.2) is 24.0 Å². The number of aromatic hydroxyl groups is 1. The molecule has 1 heterocycles. The summed E-state index contributed by atoms with van der Waals surface area (Å²) in [6.07, 6.45) is 5.15. The van der Waals surface area contributed by atoms with Crippen molar-refractivity contribution in [3.63, 3.8) is 0 Å². The molecule has 0 aromatic heterocycles. The van der Waals surface area contributed by atoms with Gasteiger partial charge in [0.25, 0.3) is 0 Å². The summed E-state index contributed by atoms with van der Waals surface area (Å²) in [5.74, 6) is -0.482. The molecule has 3 rings (SSSR count). The largest absolute Gasteiger partial charge is 0.508 e. The van der Waals surface area contributed by atoms with Crippen LogP contribution < -0.4 is 4.90 Å². The smallest absolute Gasteiger partial charge is 0.185 e. The lowest BCUT2D eigenvalue weighted by atomic mass is 10.1. The van der Waals surface area contributed by atoms with E-state index in [-0.39, 0.29) is 17.3 Å². The molecular weight excluding hydrogens is 293 g/mol. The van der Waals surface area contributed by atoms with Crippen molar-refractivity contribution in [2.24, 2.45) is 0 Å². The highest BCUT2D eigenvalue weighted by Crippen LogP contribution is 2.24. The predicted molar refractivity (Wildman–Crippen MR) is 89.3 cm³/mol. The van der Waals surface area contributed by atoms with Gasteiger partial charge in [0, 0.05) is 18.7 Å². The second kappa shape index (κ2) is 6.65. The Bertz CT molecular complexity index is 749. The Morgan fingerprint density at radius 1 is 1.13 bits per heavy atom. The van der Waals surface area contributed by atoms with Crippen LogP contribution in [0.25, 0.3) is 6.08 Å². The zero-order valence-electron chi connectivity index (χ0n) is 12.7. The van der Waals surface area contributed by atoms with Crippen LogP contribution in [0.2, 0.25) is 0 Å². The highest BCUT2D eigenvalue weighted by molar-refractivity contribution is 6.07. The number of hydrogen-bond donors (Lipinski definition) is 1. The fourth-order valence-electron chi connectivity index (χ4n) is 2.77. The van der Waals surface area contributed by atoms with E-state index >= 15 is 0 Å². The number of phenols is 1. The number of halogens is 1. The molecule has 118 valence electrons. The van der Waals surface area contributed by atoms with Crippen molar-refractivity contribution in [2.45, 2.75) is 12.8 Å². The molecule has 0 spiro atoms. The lowest BCUT2D eigenvalue weighted by molar-refractivity contribution is 0.104. The molecule has 1 N–H and O–H groups in total. The van der Waals surface area contributed by atoms with Crippen LogP contribution in [0.3, 0.4) is 0 Å². The zero-order valence-corrected chi connectivity index (χ0v) is 12.7. The highest BCUT2D eigenvalue weighted by Gasteiger charge is 2.17. The monoisotopic (exact) mass is 311 g/mol. The average Bonchev–Trinajstić information content (AvgIpc) is 3.06. The molecule has 1 fully saturated rings. The molecule has 0 amide bonds. The van der Waals surface area contributed by atoms with Gasteiger partial charge in [-0.1, -0.05) is 18.2 Å². The minimum atomic E-state index is -0.358. The summed E-state index contributed by atoms with van der Waals surface area (Å²) in [7, 11) is 0. The van der Waals surface area contributed by atoms with Gasteiger partial charge in [0.1, 0.15) is 11.6 Å². The van der Waals surface area contributed by atoms with Crippen molar-refractivity contribution in [2.75, 3.05) is 18.0 Å². The fraction of sp³-hybridized carbons (Fsp3) is 0.211. The maximum absolute atomic E-state index is 14.2. The van der Waals surface area contributed by atoms with Crippen LogP contribution in [-0.2, 0) is 0 Å². The van der Waals surface area contributed by atoms with Gasteiger partial charge in [-0.25, -0.2) is 4.39 Å². The number of hydrogen-bond acceptors (Lipinski definition) is 3. The second-order valence-corrected chi connectivity index (χ2v) is 5.65. The Labute approximate surface area is 134 Å². The number of carbonyl (C=O) groups is 1. The number of anilines is 1. The molecule has 0 aliphatic carbocycles. The molecule has 23 heavy (non-hydrogen) atoms. The van der Waals surface area contributed by atoms with E-state index in [4.69, 9.17) is 0 Å². The average molecular weight is 311 g/mol. The van der Waals surface area contributed by atoms with Gasteiger partial charge in [-0.2, -0.15) is 0 Å². The molecule has 0 atom stereocenters. The van der Waals surface area contributed by atoms with Crippen molar-refractivity contribution in [3.8, 4) is 5.75 Å². The Morgan fingerprint density at radius 3 is 2.61 bits per heavy atom. The van der Waals surface area contributed by atoms with Crippen LogP contribution in [0.15, 0.2) is 48.5 Å². The minimum absolute atomic E-state index is 0.139. The van der Waals surface area contributed by atoms with Crippen molar-refractivity contribution in [3.05, 3.63) is 65.5 Å². The Balaban J connectivity index is 1.76. The number of benzene rings is 2. The summed E-state index contributed by atoms with van der Waals surface area (Å²) in [5.41, 5.74) is 1.60. The lowest BCUT2D eigenvalue weighted by Gasteiger charge is -2.18. The molecule has 2 aromatic carbocycles. The van der Waals surface area contributed by atoms with E-state index < -0.39 is 0 Å². The number of phenolic OH excluding ortho intramolecular Hbond substituents is 1. The Morgan fingerprint density at radius 2 is 1.91 bits per heavy atom. The molecule has 1 aliphatic rings. The van der Waals surface area contributed by atoms with Crippen LogP contribution in [0, 0.1) is 5.82 Å². The normalized spacial score (nSPS) is 14.6. The molecular formula is C19H18FNO2. The third-order valence-electron chi connectivity index (χ3n) is 3.98. The van der Waals surface area contributed by atoms with E-state index in [2.05, 4.69) is 0 Å². The summed E-state index contributed by atoms with van der Waals surface area (Å²) >= 11 is 0. The van der Waals surface area contributed by atoms with Gasteiger partial charge in [0.05, 0.1) is 5.69 Å². The SMILES string of the molecule is O=C(C=Cc1cccc(O)c1)c1ccc(N2CCCC2)c(F)c1. The fourth-order valence-corrected chi connectivity index (χ4v) is 2.77. The zero-order chi connectivity index (χ0) is 16.2. The number of allylic oxidation sites excluding steroid dienone is 1. The topological polar surface area (TPSA) is 40.5 Å². The van der Waals surface area contributed by atoms with Gasteiger partial charge in [-0.15, -0.1) is 0 Å².